The molecule has 2 aliphatic rings. The summed E-state index contributed by atoms with van der Waals surface area (Å²) in [6.07, 6.45) is -5.18. The summed E-state index contributed by atoms with van der Waals surface area (Å²) in [7, 11) is -1.23. The molecule has 2 saturated heterocycles. The average Bonchev–Trinajstić information content (AvgIpc) is 3.69. The van der Waals surface area contributed by atoms with Crippen molar-refractivity contribution in [1.82, 2.24) is 30.2 Å². The van der Waals surface area contributed by atoms with Crippen LogP contribution in [0.2, 0.25) is 0 Å². The maximum absolute atomic E-state index is 12.2. The van der Waals surface area contributed by atoms with E-state index in [1.165, 1.54) is 19.6 Å². The number of nitrogens with zero attached hydrogens (tertiary/aromatic N) is 4. The van der Waals surface area contributed by atoms with Crippen molar-refractivity contribution in [1.29, 1.82) is 0 Å². The molecule has 23 heteroatoms. The number of hydrogen-bond donors (Lipinski definition) is 8. The van der Waals surface area contributed by atoms with E-state index < -0.39 is 76.0 Å². The number of fused-ring (bicyclic) bond motifs is 1. The third-order valence-corrected chi connectivity index (χ3v) is 8.52. The molecule has 0 bridgehead atoms. The summed E-state index contributed by atoms with van der Waals surface area (Å²) in [6, 6.07) is -1.03. The van der Waals surface area contributed by atoms with Crippen molar-refractivity contribution in [3.05, 3.63) is 12.7 Å². The molecule has 0 spiro atoms. The zero-order chi connectivity index (χ0) is 37.6. The molecular weight excluding hydrogens is 717 g/mol. The fourth-order valence-corrected chi connectivity index (χ4v) is 5.85. The van der Waals surface area contributed by atoms with Crippen LogP contribution in [0.15, 0.2) is 12.7 Å². The zero-order valence-corrected chi connectivity index (χ0v) is 29.6. The minimum atomic E-state index is -2.91. The lowest BCUT2D eigenvalue weighted by molar-refractivity contribution is -0.270. The molecular formula is C29H47N7O15P+. The standard InChI is InChI=1S/C29H46N7O15P/c1-16(38)35-20-24(42)22(40)17(11-37)51-29(20)47-7-4-3-5-19(39)31-6-8-45-9-10-46-15-48-25-23(41)18(12-49-52(43)44)50-28(25)36-14-34-21-26(30-2)32-13-33-27(21)36/h13-14,17-18,20,22-25,28-29,37,40-42H,3-12,15H2,1-2H3,(H3-,30,31,32,33,35,38,39,43,44)/p+1/t17-,18+,20-,22+,23+,24-,25+,28+,29-/m0/s1. The van der Waals surface area contributed by atoms with Crippen molar-refractivity contribution < 1.29 is 72.4 Å². The van der Waals surface area contributed by atoms with Crippen LogP contribution in [0.5, 0.6) is 0 Å². The molecule has 4 rings (SSSR count). The van der Waals surface area contributed by atoms with Gasteiger partial charge in [-0.3, -0.25) is 14.2 Å². The first-order valence-corrected chi connectivity index (χ1v) is 17.7. The van der Waals surface area contributed by atoms with Gasteiger partial charge >= 0.3 is 8.25 Å². The highest BCUT2D eigenvalue weighted by Gasteiger charge is 2.48. The van der Waals surface area contributed by atoms with Gasteiger partial charge in [-0.05, 0) is 12.8 Å². The van der Waals surface area contributed by atoms with Crippen molar-refractivity contribution in [2.75, 3.05) is 65.3 Å². The van der Waals surface area contributed by atoms with Crippen LogP contribution in [-0.4, -0.2) is 166 Å². The summed E-state index contributed by atoms with van der Waals surface area (Å²) in [4.78, 5) is 45.5. The van der Waals surface area contributed by atoms with Gasteiger partial charge in [-0.15, -0.1) is 9.42 Å². The van der Waals surface area contributed by atoms with Gasteiger partial charge in [0.05, 0.1) is 32.8 Å². The molecule has 22 nitrogen and oxygen atoms in total. The lowest BCUT2D eigenvalue weighted by Crippen LogP contribution is -2.64. The van der Waals surface area contributed by atoms with Crippen molar-refractivity contribution in [3.63, 3.8) is 0 Å². The van der Waals surface area contributed by atoms with Crippen LogP contribution < -0.4 is 16.0 Å². The van der Waals surface area contributed by atoms with E-state index in [1.54, 1.807) is 11.6 Å². The largest absolute Gasteiger partial charge is 0.694 e. The third-order valence-electron chi connectivity index (χ3n) is 8.15. The molecule has 0 saturated carbocycles. The van der Waals surface area contributed by atoms with E-state index in [9.17, 15) is 34.6 Å². The minimum absolute atomic E-state index is 0.134. The lowest BCUT2D eigenvalue weighted by atomic mass is 9.97. The van der Waals surface area contributed by atoms with Crippen molar-refractivity contribution in [3.8, 4) is 0 Å². The second-order valence-corrected chi connectivity index (χ2v) is 12.5. The van der Waals surface area contributed by atoms with Crippen LogP contribution in [0.3, 0.4) is 0 Å². The SMILES string of the molecule is CNc1ncnc2c1ncn2[C@@H]1O[C@H](CO[P+](=O)O)[C@@H](O)[C@H]1OCOCCOCCNC(=O)CCCCO[C@H]1O[C@@H](CO)[C@@H](O)[C@@H](O)[C@@H]1NC(C)=O. The first-order valence-electron chi connectivity index (χ1n) is 16.6. The van der Waals surface area contributed by atoms with Crippen LogP contribution in [0.1, 0.15) is 32.4 Å². The normalized spacial score (nSPS) is 27.8. The maximum Gasteiger partial charge on any atom is 0.694 e. The number of aliphatic hydroxyl groups is 4. The summed E-state index contributed by atoms with van der Waals surface area (Å²) >= 11 is 0. The maximum atomic E-state index is 12.2. The minimum Gasteiger partial charge on any atom is -0.394 e. The number of amides is 2. The van der Waals surface area contributed by atoms with Gasteiger partial charge in [-0.25, -0.2) is 15.0 Å². The zero-order valence-electron chi connectivity index (χ0n) is 28.7. The number of aliphatic hydroxyl groups excluding tert-OH is 4. The molecule has 2 amide bonds. The number of nitrogens with one attached hydrogen (secondary N) is 3. The van der Waals surface area contributed by atoms with Crippen LogP contribution in [0, 0.1) is 0 Å². The average molecular weight is 765 g/mol. The Balaban J connectivity index is 1.10. The fraction of sp³-hybridized carbons (Fsp3) is 0.759. The van der Waals surface area contributed by atoms with E-state index in [-0.39, 0.29) is 58.7 Å². The summed E-state index contributed by atoms with van der Waals surface area (Å²) in [5, 5.41) is 48.9. The predicted molar refractivity (Wildman–Crippen MR) is 175 cm³/mol. The van der Waals surface area contributed by atoms with Crippen LogP contribution in [0.25, 0.3) is 11.2 Å². The molecule has 2 aliphatic heterocycles. The van der Waals surface area contributed by atoms with E-state index in [0.29, 0.717) is 29.8 Å². The fourth-order valence-electron chi connectivity index (χ4n) is 5.57. The van der Waals surface area contributed by atoms with Gasteiger partial charge in [0.2, 0.25) is 11.8 Å². The molecule has 2 fully saturated rings. The van der Waals surface area contributed by atoms with Gasteiger partial charge < -0.3 is 64.8 Å². The van der Waals surface area contributed by atoms with Crippen LogP contribution in [0.4, 0.5) is 5.82 Å². The lowest BCUT2D eigenvalue weighted by Gasteiger charge is -2.42. The van der Waals surface area contributed by atoms with Crippen molar-refractivity contribution in [2.45, 2.75) is 81.4 Å². The molecule has 4 heterocycles. The Kier molecular flexibility index (Phi) is 16.8. The Morgan fingerprint density at radius 3 is 2.50 bits per heavy atom. The van der Waals surface area contributed by atoms with E-state index in [4.69, 9.17) is 37.8 Å². The number of carbonyl (C=O) groups excluding carboxylic acids is 2. The smallest absolute Gasteiger partial charge is 0.394 e. The quantitative estimate of drug-likeness (QED) is 0.0347. The van der Waals surface area contributed by atoms with E-state index >= 15 is 0 Å². The molecule has 0 radical (unpaired) electrons. The molecule has 10 atom stereocenters. The van der Waals surface area contributed by atoms with E-state index in [0.717, 1.165) is 0 Å². The molecule has 8 N–H and O–H groups in total. The summed E-state index contributed by atoms with van der Waals surface area (Å²) < 4.78 is 51.3. The molecule has 292 valence electrons. The van der Waals surface area contributed by atoms with Gasteiger partial charge in [0, 0.05) is 38.1 Å². The van der Waals surface area contributed by atoms with E-state index in [1.807, 2.05) is 0 Å². The highest BCUT2D eigenvalue weighted by atomic mass is 31.1. The van der Waals surface area contributed by atoms with Crippen molar-refractivity contribution >= 4 is 37.1 Å². The Labute approximate surface area is 299 Å². The monoisotopic (exact) mass is 764 g/mol. The number of anilines is 1. The van der Waals surface area contributed by atoms with Crippen molar-refractivity contribution in [2.24, 2.45) is 0 Å². The number of hydrogen-bond acceptors (Lipinski definition) is 18. The van der Waals surface area contributed by atoms with Gasteiger partial charge in [0.1, 0.15) is 67.9 Å². The van der Waals surface area contributed by atoms with Gasteiger partial charge in [0.15, 0.2) is 24.0 Å². The molecule has 1 unspecified atom stereocenters. The second kappa shape index (κ2) is 21.0. The third kappa shape index (κ3) is 11.5. The summed E-state index contributed by atoms with van der Waals surface area (Å²) in [5.74, 6) is -0.167. The predicted octanol–water partition coefficient (Wildman–Crippen LogP) is -2.58. The molecule has 2 aromatic heterocycles. The number of ether oxygens (including phenoxy) is 6. The number of imidazole rings is 1. The first-order chi connectivity index (χ1) is 25.0. The topological polar surface area (TPSA) is 297 Å². The molecule has 52 heavy (non-hydrogen) atoms. The molecule has 2 aromatic rings. The summed E-state index contributed by atoms with van der Waals surface area (Å²) in [6.45, 7) is 1.03. The molecule has 0 aromatic carbocycles. The first kappa shape index (κ1) is 41.7. The second-order valence-electron chi connectivity index (χ2n) is 11.8. The Morgan fingerprint density at radius 1 is 0.981 bits per heavy atom. The summed E-state index contributed by atoms with van der Waals surface area (Å²) in [5.41, 5.74) is 0.862. The number of carbonyl (C=O) groups is 2. The Bertz CT molecular complexity index is 1440. The molecule has 0 aliphatic carbocycles. The van der Waals surface area contributed by atoms with E-state index in [2.05, 4.69) is 30.9 Å². The Morgan fingerprint density at radius 2 is 1.77 bits per heavy atom. The van der Waals surface area contributed by atoms with Crippen LogP contribution in [-0.2, 0) is 47.1 Å². The Hall–Kier alpha value is -3.09. The highest BCUT2D eigenvalue weighted by Crippen LogP contribution is 2.35. The number of unbranched alkanes of at least 4 members (excludes halogenated alkanes) is 1. The highest BCUT2D eigenvalue weighted by molar-refractivity contribution is 7.32. The van der Waals surface area contributed by atoms with Gasteiger partial charge in [-0.2, -0.15) is 0 Å². The number of aromatic nitrogens is 4. The van der Waals surface area contributed by atoms with Gasteiger partial charge in [0.25, 0.3) is 0 Å². The van der Waals surface area contributed by atoms with Crippen LogP contribution >= 0.6 is 8.25 Å². The van der Waals surface area contributed by atoms with Gasteiger partial charge in [-0.1, -0.05) is 0 Å². The number of rotatable bonds is 22.